The van der Waals surface area contributed by atoms with Crippen LogP contribution < -0.4 is 16.2 Å². The number of hydrogen-bond acceptors (Lipinski definition) is 3. The molecule has 2 atom stereocenters. The van der Waals surface area contributed by atoms with Gasteiger partial charge in [0.2, 0.25) is 5.56 Å². The van der Waals surface area contributed by atoms with E-state index in [2.05, 4.69) is 57.8 Å². The normalized spacial score (nSPS) is 20.1. The van der Waals surface area contributed by atoms with Gasteiger partial charge >= 0.3 is 0 Å². The van der Waals surface area contributed by atoms with Gasteiger partial charge in [-0.1, -0.05) is 36.4 Å². The lowest BCUT2D eigenvalue weighted by Crippen LogP contribution is -2.51. The minimum Gasteiger partial charge on any atom is -0.356 e. The summed E-state index contributed by atoms with van der Waals surface area (Å²) < 4.78 is 1.76. The van der Waals surface area contributed by atoms with Crippen LogP contribution in [0.4, 0.5) is 0 Å². The van der Waals surface area contributed by atoms with Crippen LogP contribution in [-0.4, -0.2) is 47.6 Å². The molecule has 1 aromatic heterocycles. The monoisotopic (exact) mass is 409 g/mol. The second-order valence-corrected chi connectivity index (χ2v) is 8.11. The summed E-state index contributed by atoms with van der Waals surface area (Å²) in [5, 5.41) is 7.02. The summed E-state index contributed by atoms with van der Waals surface area (Å²) in [6.07, 6.45) is 6.04. The number of guanidine groups is 1. The Morgan fingerprint density at radius 2 is 1.93 bits per heavy atom. The highest BCUT2D eigenvalue weighted by molar-refractivity contribution is 5.79. The van der Waals surface area contributed by atoms with Gasteiger partial charge < -0.3 is 15.2 Å². The molecule has 2 heterocycles. The van der Waals surface area contributed by atoms with Gasteiger partial charge in [-0.3, -0.25) is 14.7 Å². The fourth-order valence-electron chi connectivity index (χ4n) is 4.05. The quantitative estimate of drug-likeness (QED) is 0.400. The molecular formula is C24H35N5O. The van der Waals surface area contributed by atoms with E-state index in [0.717, 1.165) is 57.8 Å². The Morgan fingerprint density at radius 3 is 2.67 bits per heavy atom. The number of aryl methyl sites for hydroxylation is 1. The first-order valence-corrected chi connectivity index (χ1v) is 11.1. The lowest BCUT2D eigenvalue weighted by atomic mass is 9.97. The Balaban J connectivity index is 1.35. The van der Waals surface area contributed by atoms with Gasteiger partial charge in [0.15, 0.2) is 5.96 Å². The molecule has 0 bridgehead atoms. The zero-order chi connectivity index (χ0) is 21.2. The van der Waals surface area contributed by atoms with Crippen LogP contribution in [-0.2, 0) is 13.1 Å². The van der Waals surface area contributed by atoms with Crippen LogP contribution in [0.2, 0.25) is 0 Å². The van der Waals surface area contributed by atoms with Crippen LogP contribution in [0.15, 0.2) is 64.5 Å². The van der Waals surface area contributed by atoms with Crippen molar-refractivity contribution in [3.63, 3.8) is 0 Å². The molecule has 1 fully saturated rings. The third kappa shape index (κ3) is 6.73. The lowest BCUT2D eigenvalue weighted by molar-refractivity contribution is 0.134. The minimum absolute atomic E-state index is 0.0654. The molecule has 3 rings (SSSR count). The molecule has 1 aliphatic rings. The summed E-state index contributed by atoms with van der Waals surface area (Å²) in [4.78, 5) is 18.7. The van der Waals surface area contributed by atoms with Crippen molar-refractivity contribution in [3.8, 4) is 0 Å². The SMILES string of the molecule is CN=C(NCCCCn1ccccc1=O)NC1CCN(Cc2ccccc2)C(C)C1. The highest BCUT2D eigenvalue weighted by Crippen LogP contribution is 2.19. The first kappa shape index (κ1) is 22.1. The van der Waals surface area contributed by atoms with Gasteiger partial charge in [-0.05, 0) is 44.2 Å². The maximum absolute atomic E-state index is 11.7. The number of nitrogens with one attached hydrogen (secondary N) is 2. The molecule has 0 saturated carbocycles. The number of aromatic nitrogens is 1. The Kier molecular flexibility index (Phi) is 8.51. The maximum atomic E-state index is 11.7. The number of piperidine rings is 1. The van der Waals surface area contributed by atoms with E-state index in [1.54, 1.807) is 16.7 Å². The number of aliphatic imine (C=N–C) groups is 1. The summed E-state index contributed by atoms with van der Waals surface area (Å²) in [5.74, 6) is 0.876. The van der Waals surface area contributed by atoms with Crippen LogP contribution in [0, 0.1) is 0 Å². The number of unbranched alkanes of at least 4 members (excludes halogenated alkanes) is 1. The van der Waals surface area contributed by atoms with Crippen LogP contribution in [0.25, 0.3) is 0 Å². The summed E-state index contributed by atoms with van der Waals surface area (Å²) in [7, 11) is 1.83. The van der Waals surface area contributed by atoms with Crippen molar-refractivity contribution in [2.75, 3.05) is 20.1 Å². The van der Waals surface area contributed by atoms with Crippen molar-refractivity contribution in [2.24, 2.45) is 4.99 Å². The Hall–Kier alpha value is -2.60. The molecule has 2 aromatic rings. The van der Waals surface area contributed by atoms with Gasteiger partial charge in [0.1, 0.15) is 0 Å². The summed E-state index contributed by atoms with van der Waals surface area (Å²) >= 11 is 0. The van der Waals surface area contributed by atoms with Gasteiger partial charge in [-0.15, -0.1) is 0 Å². The summed E-state index contributed by atoms with van der Waals surface area (Å²) in [6, 6.07) is 17.0. The van der Waals surface area contributed by atoms with E-state index in [1.165, 1.54) is 5.56 Å². The van der Waals surface area contributed by atoms with E-state index in [0.29, 0.717) is 12.1 Å². The maximum Gasteiger partial charge on any atom is 0.250 e. The van der Waals surface area contributed by atoms with E-state index in [9.17, 15) is 4.79 Å². The van der Waals surface area contributed by atoms with Crippen LogP contribution in [0.5, 0.6) is 0 Å². The molecule has 1 saturated heterocycles. The average Bonchev–Trinajstić information content (AvgIpc) is 2.76. The molecule has 2 N–H and O–H groups in total. The predicted octanol–water partition coefficient (Wildman–Crippen LogP) is 2.85. The molecule has 0 spiro atoms. The van der Waals surface area contributed by atoms with Crippen LogP contribution in [0.1, 0.15) is 38.2 Å². The molecule has 1 aromatic carbocycles. The summed E-state index contributed by atoms with van der Waals surface area (Å²) in [6.45, 7) is 6.04. The number of benzene rings is 1. The molecular weight excluding hydrogens is 374 g/mol. The van der Waals surface area contributed by atoms with Crippen LogP contribution in [0.3, 0.4) is 0 Å². The predicted molar refractivity (Wildman–Crippen MR) is 124 cm³/mol. The van der Waals surface area contributed by atoms with Crippen molar-refractivity contribution in [2.45, 2.75) is 57.8 Å². The van der Waals surface area contributed by atoms with E-state index < -0.39 is 0 Å². The third-order valence-corrected chi connectivity index (χ3v) is 5.82. The number of pyridine rings is 1. The molecule has 0 amide bonds. The molecule has 0 aliphatic carbocycles. The number of hydrogen-bond donors (Lipinski definition) is 2. The number of nitrogens with zero attached hydrogens (tertiary/aromatic N) is 3. The lowest BCUT2D eigenvalue weighted by Gasteiger charge is -2.38. The van der Waals surface area contributed by atoms with Gasteiger partial charge in [-0.25, -0.2) is 0 Å². The zero-order valence-corrected chi connectivity index (χ0v) is 18.3. The Bertz CT molecular complexity index is 848. The third-order valence-electron chi connectivity index (χ3n) is 5.82. The van der Waals surface area contributed by atoms with Crippen LogP contribution >= 0.6 is 0 Å². The average molecular weight is 410 g/mol. The van der Waals surface area contributed by atoms with Gasteiger partial charge in [0, 0.05) is 57.6 Å². The second kappa shape index (κ2) is 11.6. The molecule has 0 radical (unpaired) electrons. The van der Waals surface area contributed by atoms with Crippen molar-refractivity contribution >= 4 is 5.96 Å². The van der Waals surface area contributed by atoms with Crippen molar-refractivity contribution in [3.05, 3.63) is 70.6 Å². The van der Waals surface area contributed by atoms with E-state index in [4.69, 9.17) is 0 Å². The summed E-state index contributed by atoms with van der Waals surface area (Å²) in [5.41, 5.74) is 1.45. The largest absolute Gasteiger partial charge is 0.356 e. The standard InChI is InChI=1S/C24H35N5O/c1-20-18-22(13-17-29(20)19-21-10-4-3-5-11-21)27-24(25-2)26-14-7-9-16-28-15-8-6-12-23(28)30/h3-6,8,10-12,15,20,22H,7,9,13-14,16-19H2,1-2H3,(H2,25,26,27). The van der Waals surface area contributed by atoms with Gasteiger partial charge in [-0.2, -0.15) is 0 Å². The first-order valence-electron chi connectivity index (χ1n) is 11.1. The molecule has 6 heteroatoms. The topological polar surface area (TPSA) is 61.7 Å². The minimum atomic E-state index is 0.0654. The number of likely N-dealkylation sites (tertiary alicyclic amines) is 1. The van der Waals surface area contributed by atoms with Gasteiger partial charge in [0.25, 0.3) is 0 Å². The Labute approximate surface area is 180 Å². The molecule has 2 unspecified atom stereocenters. The van der Waals surface area contributed by atoms with Crippen molar-refractivity contribution < 1.29 is 0 Å². The highest BCUT2D eigenvalue weighted by Gasteiger charge is 2.25. The fraction of sp³-hybridized carbons (Fsp3) is 0.500. The first-order chi connectivity index (χ1) is 14.7. The Morgan fingerprint density at radius 1 is 1.13 bits per heavy atom. The molecule has 162 valence electrons. The zero-order valence-electron chi connectivity index (χ0n) is 18.3. The molecule has 6 nitrogen and oxygen atoms in total. The van der Waals surface area contributed by atoms with E-state index >= 15 is 0 Å². The second-order valence-electron chi connectivity index (χ2n) is 8.11. The van der Waals surface area contributed by atoms with E-state index in [1.807, 2.05) is 19.3 Å². The highest BCUT2D eigenvalue weighted by atomic mass is 16.1. The number of rotatable bonds is 8. The van der Waals surface area contributed by atoms with Crippen molar-refractivity contribution in [1.82, 2.24) is 20.1 Å². The van der Waals surface area contributed by atoms with Crippen molar-refractivity contribution in [1.29, 1.82) is 0 Å². The molecule has 1 aliphatic heterocycles. The van der Waals surface area contributed by atoms with E-state index in [-0.39, 0.29) is 5.56 Å². The fourth-order valence-corrected chi connectivity index (χ4v) is 4.05. The molecule has 30 heavy (non-hydrogen) atoms. The van der Waals surface area contributed by atoms with Gasteiger partial charge in [0.05, 0.1) is 0 Å². The smallest absolute Gasteiger partial charge is 0.250 e.